The van der Waals surface area contributed by atoms with E-state index in [9.17, 15) is 14.0 Å². The van der Waals surface area contributed by atoms with Crippen LogP contribution in [0.2, 0.25) is 0 Å². The van der Waals surface area contributed by atoms with E-state index in [2.05, 4.69) is 10.4 Å². The van der Waals surface area contributed by atoms with E-state index in [1.807, 2.05) is 0 Å². The number of carboxylic acids is 1. The number of para-hydroxylation sites is 1. The maximum absolute atomic E-state index is 14.1. The van der Waals surface area contributed by atoms with Gasteiger partial charge >= 0.3 is 5.97 Å². The highest BCUT2D eigenvalue weighted by atomic mass is 19.1. The van der Waals surface area contributed by atoms with Gasteiger partial charge in [0.05, 0.1) is 0 Å². The first-order chi connectivity index (χ1) is 12.1. The van der Waals surface area contributed by atoms with Crippen LogP contribution >= 0.6 is 0 Å². The van der Waals surface area contributed by atoms with Crippen molar-refractivity contribution < 1.29 is 19.1 Å². The topological polar surface area (TPSA) is 84.2 Å². The Hall–Kier alpha value is -2.70. The lowest BCUT2D eigenvalue weighted by Crippen LogP contribution is -2.26. The fourth-order valence-electron chi connectivity index (χ4n) is 3.13. The van der Waals surface area contributed by atoms with E-state index < -0.39 is 5.97 Å². The van der Waals surface area contributed by atoms with E-state index in [0.717, 1.165) is 30.5 Å². The van der Waals surface area contributed by atoms with E-state index in [1.165, 1.54) is 10.7 Å². The number of unbranched alkanes of at least 4 members (excludes halogenated alkanes) is 1. The summed E-state index contributed by atoms with van der Waals surface area (Å²) in [6, 6.07) is 6.38. The van der Waals surface area contributed by atoms with Crippen LogP contribution in [-0.2, 0) is 17.6 Å². The van der Waals surface area contributed by atoms with Crippen molar-refractivity contribution in [1.29, 1.82) is 0 Å². The Morgan fingerprint density at radius 1 is 1.24 bits per heavy atom. The molecular formula is C18H20FN3O3. The van der Waals surface area contributed by atoms with Crippen molar-refractivity contribution in [3.05, 3.63) is 47.0 Å². The summed E-state index contributed by atoms with van der Waals surface area (Å²) in [5.74, 6) is -1.50. The van der Waals surface area contributed by atoms with Gasteiger partial charge < -0.3 is 10.4 Å². The SMILES string of the molecule is O=C(O)CCCCNC(=O)c1nn(-c2ccccc2F)c2c1CCC2. The highest BCUT2D eigenvalue weighted by Crippen LogP contribution is 2.28. The lowest BCUT2D eigenvalue weighted by molar-refractivity contribution is -0.137. The molecular weight excluding hydrogens is 325 g/mol. The van der Waals surface area contributed by atoms with Gasteiger partial charge in [0.1, 0.15) is 11.5 Å². The van der Waals surface area contributed by atoms with Gasteiger partial charge in [0.25, 0.3) is 5.91 Å². The molecule has 1 heterocycles. The Kier molecular flexibility index (Phi) is 5.11. The molecule has 7 heteroatoms. The Morgan fingerprint density at radius 2 is 2.04 bits per heavy atom. The van der Waals surface area contributed by atoms with Gasteiger partial charge in [0.15, 0.2) is 5.69 Å². The average molecular weight is 345 g/mol. The molecule has 1 amide bonds. The van der Waals surface area contributed by atoms with Crippen molar-refractivity contribution >= 4 is 11.9 Å². The Bertz CT molecular complexity index is 801. The van der Waals surface area contributed by atoms with E-state index in [4.69, 9.17) is 5.11 Å². The first kappa shape index (κ1) is 17.1. The van der Waals surface area contributed by atoms with Crippen molar-refractivity contribution in [3.63, 3.8) is 0 Å². The molecule has 0 fully saturated rings. The van der Waals surface area contributed by atoms with Crippen LogP contribution in [0.3, 0.4) is 0 Å². The summed E-state index contributed by atoms with van der Waals surface area (Å²) in [6.07, 6.45) is 3.63. The van der Waals surface area contributed by atoms with E-state index >= 15 is 0 Å². The summed E-state index contributed by atoms with van der Waals surface area (Å²) >= 11 is 0. The number of hydrogen-bond donors (Lipinski definition) is 2. The van der Waals surface area contributed by atoms with Gasteiger partial charge in [0.2, 0.25) is 0 Å². The molecule has 0 spiro atoms. The number of aliphatic carboxylic acids is 1. The normalized spacial score (nSPS) is 12.8. The number of hydrogen-bond acceptors (Lipinski definition) is 3. The number of aromatic nitrogens is 2. The largest absolute Gasteiger partial charge is 0.481 e. The summed E-state index contributed by atoms with van der Waals surface area (Å²) in [4.78, 5) is 22.9. The van der Waals surface area contributed by atoms with Gasteiger partial charge in [-0.2, -0.15) is 5.10 Å². The maximum Gasteiger partial charge on any atom is 0.303 e. The Morgan fingerprint density at radius 3 is 2.80 bits per heavy atom. The number of benzene rings is 1. The molecule has 0 radical (unpaired) electrons. The first-order valence-electron chi connectivity index (χ1n) is 8.43. The van der Waals surface area contributed by atoms with Crippen molar-refractivity contribution in [2.45, 2.75) is 38.5 Å². The van der Waals surface area contributed by atoms with Crippen LogP contribution in [0.15, 0.2) is 24.3 Å². The molecule has 2 N–H and O–H groups in total. The van der Waals surface area contributed by atoms with Crippen LogP contribution in [0.5, 0.6) is 0 Å². The predicted octanol–water partition coefficient (Wildman–Crippen LogP) is 2.48. The molecule has 132 valence electrons. The molecule has 0 bridgehead atoms. The predicted molar refractivity (Wildman–Crippen MR) is 89.4 cm³/mol. The fourth-order valence-corrected chi connectivity index (χ4v) is 3.13. The van der Waals surface area contributed by atoms with Gasteiger partial charge in [-0.1, -0.05) is 12.1 Å². The minimum Gasteiger partial charge on any atom is -0.481 e. The standard InChI is InChI=1S/C18H20FN3O3/c19-13-7-1-2-8-15(13)22-14-9-5-6-12(14)17(21-22)18(25)20-11-4-3-10-16(23)24/h1-2,7-8H,3-6,9-11H2,(H,20,25)(H,23,24). The molecule has 1 aliphatic rings. The number of halogens is 1. The van der Waals surface area contributed by atoms with Gasteiger partial charge in [0, 0.05) is 24.2 Å². The number of carbonyl (C=O) groups excluding carboxylic acids is 1. The minimum absolute atomic E-state index is 0.0905. The van der Waals surface area contributed by atoms with Gasteiger partial charge in [-0.15, -0.1) is 0 Å². The molecule has 2 aromatic rings. The van der Waals surface area contributed by atoms with E-state index in [0.29, 0.717) is 30.8 Å². The minimum atomic E-state index is -0.840. The summed E-state index contributed by atoms with van der Waals surface area (Å²) in [7, 11) is 0. The molecule has 0 saturated heterocycles. The quantitative estimate of drug-likeness (QED) is 0.755. The summed E-state index contributed by atoms with van der Waals surface area (Å²) in [5, 5.41) is 15.7. The van der Waals surface area contributed by atoms with Crippen LogP contribution in [0.4, 0.5) is 4.39 Å². The average Bonchev–Trinajstić information content (AvgIpc) is 3.17. The molecule has 1 aromatic carbocycles. The van der Waals surface area contributed by atoms with Crippen molar-refractivity contribution in [2.75, 3.05) is 6.54 Å². The molecule has 6 nitrogen and oxygen atoms in total. The Balaban J connectivity index is 1.75. The Labute approximate surface area is 144 Å². The third-order valence-corrected chi connectivity index (χ3v) is 4.33. The zero-order valence-electron chi connectivity index (χ0n) is 13.8. The molecule has 3 rings (SSSR count). The zero-order chi connectivity index (χ0) is 17.8. The second kappa shape index (κ2) is 7.46. The van der Waals surface area contributed by atoms with Crippen LogP contribution in [0, 0.1) is 5.82 Å². The van der Waals surface area contributed by atoms with Crippen molar-refractivity contribution in [2.24, 2.45) is 0 Å². The lowest BCUT2D eigenvalue weighted by Gasteiger charge is -2.06. The molecule has 1 aromatic heterocycles. The number of fused-ring (bicyclic) bond motifs is 1. The van der Waals surface area contributed by atoms with E-state index in [1.54, 1.807) is 18.2 Å². The van der Waals surface area contributed by atoms with Gasteiger partial charge in [-0.05, 0) is 44.2 Å². The summed E-state index contributed by atoms with van der Waals surface area (Å²) in [6.45, 7) is 0.396. The van der Waals surface area contributed by atoms with Crippen LogP contribution in [0.1, 0.15) is 47.4 Å². The van der Waals surface area contributed by atoms with Crippen molar-refractivity contribution in [3.8, 4) is 5.69 Å². The number of nitrogens with zero attached hydrogens (tertiary/aromatic N) is 2. The van der Waals surface area contributed by atoms with Crippen LogP contribution in [0.25, 0.3) is 5.69 Å². The number of amides is 1. The number of carboxylic acid groups (broad SMARTS) is 1. The summed E-state index contributed by atoms with van der Waals surface area (Å²) in [5.41, 5.74) is 2.46. The summed E-state index contributed by atoms with van der Waals surface area (Å²) < 4.78 is 15.6. The third-order valence-electron chi connectivity index (χ3n) is 4.33. The number of rotatable bonds is 7. The van der Waals surface area contributed by atoms with E-state index in [-0.39, 0.29) is 18.1 Å². The zero-order valence-corrected chi connectivity index (χ0v) is 13.8. The highest BCUT2D eigenvalue weighted by Gasteiger charge is 2.27. The molecule has 0 saturated carbocycles. The first-order valence-corrected chi connectivity index (χ1v) is 8.43. The molecule has 1 aliphatic carbocycles. The molecule has 25 heavy (non-hydrogen) atoms. The van der Waals surface area contributed by atoms with Crippen LogP contribution in [-0.4, -0.2) is 33.3 Å². The monoisotopic (exact) mass is 345 g/mol. The number of nitrogens with one attached hydrogen (secondary N) is 1. The van der Waals surface area contributed by atoms with Crippen molar-refractivity contribution in [1.82, 2.24) is 15.1 Å². The molecule has 0 unspecified atom stereocenters. The fraction of sp³-hybridized carbons (Fsp3) is 0.389. The maximum atomic E-state index is 14.1. The van der Waals surface area contributed by atoms with Crippen LogP contribution < -0.4 is 5.32 Å². The van der Waals surface area contributed by atoms with Gasteiger partial charge in [-0.3, -0.25) is 9.59 Å². The lowest BCUT2D eigenvalue weighted by atomic mass is 10.2. The number of carbonyl (C=O) groups is 2. The molecule has 0 aliphatic heterocycles. The third kappa shape index (κ3) is 3.70. The highest BCUT2D eigenvalue weighted by molar-refractivity contribution is 5.94. The van der Waals surface area contributed by atoms with Gasteiger partial charge in [-0.25, -0.2) is 9.07 Å². The second-order valence-electron chi connectivity index (χ2n) is 6.10. The smallest absolute Gasteiger partial charge is 0.303 e. The molecule has 0 atom stereocenters. The second-order valence-corrected chi connectivity index (χ2v) is 6.10.